The Hall–Kier alpha value is -1.59. The number of benzene rings is 1. The predicted octanol–water partition coefficient (Wildman–Crippen LogP) is 2.44. The van der Waals surface area contributed by atoms with Crippen molar-refractivity contribution in [2.45, 2.75) is 33.6 Å². The first-order chi connectivity index (χ1) is 10.1. The zero-order valence-corrected chi connectivity index (χ0v) is 13.3. The Balaban J connectivity index is 2.46. The van der Waals surface area contributed by atoms with Gasteiger partial charge in [-0.25, -0.2) is 4.99 Å². The quantitative estimate of drug-likeness (QED) is 0.784. The van der Waals surface area contributed by atoms with Crippen molar-refractivity contribution in [1.29, 1.82) is 0 Å². The molecule has 1 aromatic carbocycles. The smallest absolute Gasteiger partial charge is 0.300 e. The van der Waals surface area contributed by atoms with Crippen LogP contribution in [0.1, 0.15) is 38.8 Å². The molecule has 21 heavy (non-hydrogen) atoms. The first-order valence-electron chi connectivity index (χ1n) is 7.64. The first kappa shape index (κ1) is 15.8. The lowest BCUT2D eigenvalue weighted by Gasteiger charge is -2.27. The lowest BCUT2D eigenvalue weighted by Crippen LogP contribution is -2.30. The Labute approximate surface area is 126 Å². The molecule has 1 heterocycles. The van der Waals surface area contributed by atoms with E-state index in [2.05, 4.69) is 35.9 Å². The standard InChI is InChI=1S/C16H25N3O2/c1-5-19(6-2)12-9-10-14-13(11-12)15(17)18-16(14,20-7-3)21-8-4/h9-11H,5-8H2,1-4H3,(H2,17,18). The topological polar surface area (TPSA) is 60.1 Å². The average molecular weight is 291 g/mol. The maximum absolute atomic E-state index is 6.11. The average Bonchev–Trinajstić information content (AvgIpc) is 2.74. The van der Waals surface area contributed by atoms with Crippen LogP contribution in [0.3, 0.4) is 0 Å². The van der Waals surface area contributed by atoms with Crippen LogP contribution in [-0.4, -0.2) is 32.1 Å². The normalized spacial score (nSPS) is 15.7. The minimum Gasteiger partial charge on any atom is -0.383 e. The van der Waals surface area contributed by atoms with Gasteiger partial charge in [-0.15, -0.1) is 0 Å². The first-order valence-corrected chi connectivity index (χ1v) is 7.64. The molecule has 5 heteroatoms. The Morgan fingerprint density at radius 3 is 2.24 bits per heavy atom. The van der Waals surface area contributed by atoms with E-state index in [4.69, 9.17) is 15.2 Å². The second-order valence-corrected chi connectivity index (χ2v) is 4.85. The highest BCUT2D eigenvalue weighted by Gasteiger charge is 2.41. The lowest BCUT2D eigenvalue weighted by molar-refractivity contribution is -0.234. The zero-order valence-electron chi connectivity index (χ0n) is 13.3. The number of hydrogen-bond donors (Lipinski definition) is 1. The summed E-state index contributed by atoms with van der Waals surface area (Å²) in [6.45, 7) is 11.0. The molecule has 0 bridgehead atoms. The molecule has 1 aliphatic rings. The van der Waals surface area contributed by atoms with Gasteiger partial charge in [-0.2, -0.15) is 0 Å². The number of fused-ring (bicyclic) bond motifs is 1. The number of hydrogen-bond acceptors (Lipinski definition) is 5. The second-order valence-electron chi connectivity index (χ2n) is 4.85. The van der Waals surface area contributed by atoms with Crippen molar-refractivity contribution in [3.05, 3.63) is 29.3 Å². The van der Waals surface area contributed by atoms with Gasteiger partial charge >= 0.3 is 5.91 Å². The summed E-state index contributed by atoms with van der Waals surface area (Å²) in [6.07, 6.45) is 0. The maximum Gasteiger partial charge on any atom is 0.300 e. The number of aliphatic imine (C=N–C) groups is 1. The van der Waals surface area contributed by atoms with Crippen LogP contribution in [-0.2, 0) is 15.4 Å². The van der Waals surface area contributed by atoms with Crippen molar-refractivity contribution in [1.82, 2.24) is 0 Å². The van der Waals surface area contributed by atoms with E-state index in [1.165, 1.54) is 0 Å². The van der Waals surface area contributed by atoms with Gasteiger partial charge in [-0.05, 0) is 45.9 Å². The molecule has 2 N–H and O–H groups in total. The van der Waals surface area contributed by atoms with Crippen LogP contribution in [0.2, 0.25) is 0 Å². The summed E-state index contributed by atoms with van der Waals surface area (Å²) in [7, 11) is 0. The number of amidine groups is 1. The van der Waals surface area contributed by atoms with Crippen LogP contribution >= 0.6 is 0 Å². The molecule has 1 aliphatic heterocycles. The summed E-state index contributed by atoms with van der Waals surface area (Å²) in [5.41, 5.74) is 9.04. The maximum atomic E-state index is 6.11. The summed E-state index contributed by atoms with van der Waals surface area (Å²) in [6, 6.07) is 6.16. The Kier molecular flexibility index (Phi) is 4.85. The molecule has 1 aromatic rings. The molecule has 0 fully saturated rings. The fraction of sp³-hybridized carbons (Fsp3) is 0.562. The molecule has 0 aliphatic carbocycles. The van der Waals surface area contributed by atoms with Crippen LogP contribution < -0.4 is 10.6 Å². The molecule has 0 spiro atoms. The van der Waals surface area contributed by atoms with E-state index in [0.717, 1.165) is 29.9 Å². The van der Waals surface area contributed by atoms with Crippen molar-refractivity contribution < 1.29 is 9.47 Å². The van der Waals surface area contributed by atoms with E-state index < -0.39 is 5.91 Å². The lowest BCUT2D eigenvalue weighted by atomic mass is 10.0. The summed E-state index contributed by atoms with van der Waals surface area (Å²) in [5.74, 6) is -0.606. The van der Waals surface area contributed by atoms with Crippen molar-refractivity contribution in [3.8, 4) is 0 Å². The highest BCUT2D eigenvalue weighted by molar-refractivity contribution is 6.02. The third kappa shape index (κ3) is 2.76. The van der Waals surface area contributed by atoms with Gasteiger partial charge in [0.2, 0.25) is 0 Å². The molecule has 5 nitrogen and oxygen atoms in total. The van der Waals surface area contributed by atoms with Crippen LogP contribution in [0.5, 0.6) is 0 Å². The van der Waals surface area contributed by atoms with Gasteiger partial charge in [0, 0.05) is 43.1 Å². The Morgan fingerprint density at radius 1 is 1.10 bits per heavy atom. The van der Waals surface area contributed by atoms with Gasteiger partial charge in [0.05, 0.1) is 0 Å². The van der Waals surface area contributed by atoms with Crippen molar-refractivity contribution in [3.63, 3.8) is 0 Å². The SMILES string of the molecule is CCOC1(OCC)N=C(N)c2cc(N(CC)CC)ccc21. The van der Waals surface area contributed by atoms with Gasteiger partial charge in [0.15, 0.2) is 0 Å². The van der Waals surface area contributed by atoms with Gasteiger partial charge in [-0.3, -0.25) is 0 Å². The third-order valence-electron chi connectivity index (χ3n) is 3.70. The predicted molar refractivity (Wildman–Crippen MR) is 85.7 cm³/mol. The molecule has 0 radical (unpaired) electrons. The number of anilines is 1. The fourth-order valence-corrected chi connectivity index (χ4v) is 2.74. The second kappa shape index (κ2) is 6.45. The van der Waals surface area contributed by atoms with Crippen molar-refractivity contribution in [2.75, 3.05) is 31.2 Å². The van der Waals surface area contributed by atoms with E-state index in [9.17, 15) is 0 Å². The van der Waals surface area contributed by atoms with Gasteiger partial charge < -0.3 is 20.1 Å². The van der Waals surface area contributed by atoms with Crippen LogP contribution in [0.4, 0.5) is 5.69 Å². The van der Waals surface area contributed by atoms with E-state index >= 15 is 0 Å². The molecule has 0 saturated carbocycles. The zero-order chi connectivity index (χ0) is 15.5. The number of nitrogens with zero attached hydrogens (tertiary/aromatic N) is 2. The molecular weight excluding hydrogens is 266 g/mol. The minimum absolute atomic E-state index is 0.473. The summed E-state index contributed by atoms with van der Waals surface area (Å²) < 4.78 is 11.6. The van der Waals surface area contributed by atoms with Crippen molar-refractivity contribution >= 4 is 11.5 Å². The Morgan fingerprint density at radius 2 is 1.71 bits per heavy atom. The van der Waals surface area contributed by atoms with Crippen LogP contribution in [0.25, 0.3) is 0 Å². The van der Waals surface area contributed by atoms with E-state index in [-0.39, 0.29) is 0 Å². The van der Waals surface area contributed by atoms with Crippen molar-refractivity contribution in [2.24, 2.45) is 10.7 Å². The summed E-state index contributed by atoms with van der Waals surface area (Å²) in [4.78, 5) is 6.72. The van der Waals surface area contributed by atoms with Crippen LogP contribution in [0, 0.1) is 0 Å². The van der Waals surface area contributed by atoms with E-state index in [0.29, 0.717) is 19.0 Å². The minimum atomic E-state index is -1.08. The third-order valence-corrected chi connectivity index (χ3v) is 3.70. The largest absolute Gasteiger partial charge is 0.383 e. The molecular formula is C16H25N3O2. The molecule has 0 unspecified atom stereocenters. The highest BCUT2D eigenvalue weighted by atomic mass is 16.7. The van der Waals surface area contributed by atoms with Gasteiger partial charge in [0.25, 0.3) is 0 Å². The van der Waals surface area contributed by atoms with E-state index in [1.807, 2.05) is 19.9 Å². The summed E-state index contributed by atoms with van der Waals surface area (Å²) in [5, 5.41) is 0. The highest BCUT2D eigenvalue weighted by Crippen LogP contribution is 2.38. The molecule has 0 saturated heterocycles. The van der Waals surface area contributed by atoms with E-state index in [1.54, 1.807) is 0 Å². The summed E-state index contributed by atoms with van der Waals surface area (Å²) >= 11 is 0. The fourth-order valence-electron chi connectivity index (χ4n) is 2.74. The molecule has 116 valence electrons. The number of nitrogens with two attached hydrogens (primary N) is 1. The van der Waals surface area contributed by atoms with Gasteiger partial charge in [-0.1, -0.05) is 0 Å². The monoisotopic (exact) mass is 291 g/mol. The Bertz CT molecular complexity index is 518. The number of rotatable bonds is 7. The molecule has 0 amide bonds. The molecule has 2 rings (SSSR count). The van der Waals surface area contributed by atoms with Gasteiger partial charge in [0.1, 0.15) is 5.84 Å². The molecule has 0 atom stereocenters. The molecule has 0 aromatic heterocycles. The number of ether oxygens (including phenoxy) is 2. The van der Waals surface area contributed by atoms with Crippen LogP contribution in [0.15, 0.2) is 23.2 Å².